The third-order valence-electron chi connectivity index (χ3n) is 8.97. The average molecular weight is 637 g/mol. The third kappa shape index (κ3) is 5.26. The molecule has 2 aliphatic heterocycles. The van der Waals surface area contributed by atoms with Crippen LogP contribution < -0.4 is 10.6 Å². The molecule has 0 spiro atoms. The molecule has 1 fully saturated rings. The van der Waals surface area contributed by atoms with Crippen molar-refractivity contribution in [3.63, 3.8) is 0 Å². The fraction of sp³-hybridized carbons (Fsp3) is 0.273. The maximum absolute atomic E-state index is 13.2. The van der Waals surface area contributed by atoms with Crippen LogP contribution in [0.5, 0.6) is 0 Å². The number of amides is 4. The molecular weight excluding hydrogens is 608 g/mol. The molecule has 0 radical (unpaired) electrons. The maximum atomic E-state index is 13.2. The number of hydrogen-bond donors (Lipinski definition) is 2. The van der Waals surface area contributed by atoms with Gasteiger partial charge in [0.1, 0.15) is 0 Å². The van der Waals surface area contributed by atoms with Crippen molar-refractivity contribution >= 4 is 56.5 Å². The van der Waals surface area contributed by atoms with Gasteiger partial charge >= 0.3 is 0 Å². The summed E-state index contributed by atoms with van der Waals surface area (Å²) in [7, 11) is 0. The van der Waals surface area contributed by atoms with Gasteiger partial charge in [-0.15, -0.1) is 0 Å². The Hall–Kier alpha value is -5.60. The molecule has 238 valence electrons. The van der Waals surface area contributed by atoms with Crippen molar-refractivity contribution in [1.29, 1.82) is 0 Å². The van der Waals surface area contributed by atoms with Crippen molar-refractivity contribution in [1.82, 2.24) is 20.4 Å². The fourth-order valence-corrected chi connectivity index (χ4v) is 6.60. The van der Waals surface area contributed by atoms with E-state index in [4.69, 9.17) is 0 Å². The molecular formula is C33H28N6O8. The zero-order valence-electron chi connectivity index (χ0n) is 24.9. The van der Waals surface area contributed by atoms with Gasteiger partial charge in [0.25, 0.3) is 35.0 Å². The highest BCUT2D eigenvalue weighted by Crippen LogP contribution is 2.35. The van der Waals surface area contributed by atoms with Gasteiger partial charge in [0.2, 0.25) is 0 Å². The van der Waals surface area contributed by atoms with Crippen LogP contribution in [0.4, 0.5) is 11.4 Å². The average Bonchev–Trinajstić information content (AvgIpc) is 3.82. The van der Waals surface area contributed by atoms with Gasteiger partial charge in [-0.2, -0.15) is 0 Å². The molecule has 3 aliphatic rings. The van der Waals surface area contributed by atoms with Crippen LogP contribution >= 0.6 is 0 Å². The number of benzene rings is 4. The number of rotatable bonds is 12. The number of nitro benzene ring substituents is 2. The highest BCUT2D eigenvalue weighted by Gasteiger charge is 2.38. The fourth-order valence-electron chi connectivity index (χ4n) is 6.60. The SMILES string of the molecule is O=C1c2cccc3cc([N+](=O)[O-])cc(c23)C(=O)N1CCCNC1CC1NCCCN1C(=O)c2cccc3cc([N+](=O)[O-])cc(c23)C1=O. The minimum atomic E-state index is -0.553. The molecule has 1 aliphatic carbocycles. The lowest BCUT2D eigenvalue weighted by molar-refractivity contribution is -0.384. The number of hydrogen-bond acceptors (Lipinski definition) is 10. The highest BCUT2D eigenvalue weighted by molar-refractivity contribution is 6.26. The summed E-state index contributed by atoms with van der Waals surface area (Å²) in [6, 6.07) is 15.4. The van der Waals surface area contributed by atoms with Gasteiger partial charge in [-0.25, -0.2) is 0 Å². The highest BCUT2D eigenvalue weighted by atomic mass is 16.6. The molecule has 0 bridgehead atoms. The Morgan fingerprint density at radius 1 is 0.617 bits per heavy atom. The van der Waals surface area contributed by atoms with Crippen molar-refractivity contribution in [2.24, 2.45) is 0 Å². The van der Waals surface area contributed by atoms with Crippen LogP contribution in [0.25, 0.3) is 21.5 Å². The van der Waals surface area contributed by atoms with Crippen LogP contribution in [-0.2, 0) is 0 Å². The molecule has 7 rings (SSSR count). The molecule has 14 heteroatoms. The molecule has 14 nitrogen and oxygen atoms in total. The van der Waals surface area contributed by atoms with E-state index in [2.05, 4.69) is 10.6 Å². The third-order valence-corrected chi connectivity index (χ3v) is 8.97. The lowest BCUT2D eigenvalue weighted by atomic mass is 9.93. The Morgan fingerprint density at radius 3 is 1.43 bits per heavy atom. The predicted molar refractivity (Wildman–Crippen MR) is 169 cm³/mol. The van der Waals surface area contributed by atoms with Gasteiger partial charge in [-0.3, -0.25) is 49.2 Å². The summed E-state index contributed by atoms with van der Waals surface area (Å²) in [5, 5.41) is 31.5. The molecule has 2 N–H and O–H groups in total. The number of carbonyl (C=O) groups excluding carboxylic acids is 4. The molecule has 1 saturated carbocycles. The van der Waals surface area contributed by atoms with Crippen molar-refractivity contribution in [2.75, 3.05) is 26.2 Å². The van der Waals surface area contributed by atoms with Crippen LogP contribution in [0.2, 0.25) is 0 Å². The van der Waals surface area contributed by atoms with Crippen molar-refractivity contribution in [3.05, 3.63) is 103 Å². The van der Waals surface area contributed by atoms with Crippen LogP contribution in [0.1, 0.15) is 60.7 Å². The van der Waals surface area contributed by atoms with E-state index < -0.39 is 33.5 Å². The second-order valence-corrected chi connectivity index (χ2v) is 11.9. The van der Waals surface area contributed by atoms with Gasteiger partial charge in [0.05, 0.1) is 21.0 Å². The molecule has 47 heavy (non-hydrogen) atoms. The summed E-state index contributed by atoms with van der Waals surface area (Å²) < 4.78 is 0. The second-order valence-electron chi connectivity index (χ2n) is 11.9. The largest absolute Gasteiger partial charge is 0.312 e. The van der Waals surface area contributed by atoms with E-state index in [9.17, 15) is 39.4 Å². The van der Waals surface area contributed by atoms with E-state index in [1.54, 1.807) is 36.4 Å². The number of non-ortho nitro benzene ring substituents is 2. The van der Waals surface area contributed by atoms with E-state index in [1.807, 2.05) is 0 Å². The molecule has 4 aromatic rings. The minimum absolute atomic E-state index is 0.152. The Bertz CT molecular complexity index is 1920. The summed E-state index contributed by atoms with van der Waals surface area (Å²) >= 11 is 0. The van der Waals surface area contributed by atoms with Gasteiger partial charge in [-0.05, 0) is 55.3 Å². The molecule has 2 heterocycles. The van der Waals surface area contributed by atoms with Gasteiger partial charge < -0.3 is 10.6 Å². The lowest BCUT2D eigenvalue weighted by Crippen LogP contribution is -2.42. The first-order valence-corrected chi connectivity index (χ1v) is 15.3. The number of nitrogens with zero attached hydrogens (tertiary/aromatic N) is 4. The molecule has 0 saturated heterocycles. The van der Waals surface area contributed by atoms with Gasteiger partial charge in [-0.1, -0.05) is 24.3 Å². The van der Waals surface area contributed by atoms with E-state index >= 15 is 0 Å². The van der Waals surface area contributed by atoms with E-state index in [0.29, 0.717) is 58.6 Å². The summed E-state index contributed by atoms with van der Waals surface area (Å²) in [6.07, 6.45) is 1.85. The van der Waals surface area contributed by atoms with Crippen molar-refractivity contribution in [3.8, 4) is 0 Å². The molecule has 4 amide bonds. The van der Waals surface area contributed by atoms with E-state index in [-0.39, 0.29) is 47.7 Å². The van der Waals surface area contributed by atoms with Crippen molar-refractivity contribution in [2.45, 2.75) is 31.3 Å². The first-order valence-electron chi connectivity index (χ1n) is 15.3. The Labute approximate surface area is 266 Å². The van der Waals surface area contributed by atoms with E-state index in [1.165, 1.54) is 24.3 Å². The normalized spacial score (nSPS) is 18.4. The molecule has 0 aromatic heterocycles. The first-order chi connectivity index (χ1) is 22.6. The number of carbonyl (C=O) groups is 4. The smallest absolute Gasteiger partial charge is 0.270 e. The Morgan fingerprint density at radius 2 is 1.02 bits per heavy atom. The minimum Gasteiger partial charge on any atom is -0.312 e. The molecule has 2 unspecified atom stereocenters. The van der Waals surface area contributed by atoms with Crippen molar-refractivity contribution < 1.29 is 29.0 Å². The summed E-state index contributed by atoms with van der Waals surface area (Å²) in [4.78, 5) is 76.7. The maximum Gasteiger partial charge on any atom is 0.270 e. The van der Waals surface area contributed by atoms with Crippen LogP contribution in [0.15, 0.2) is 60.7 Å². The van der Waals surface area contributed by atoms with Crippen LogP contribution in [0.3, 0.4) is 0 Å². The Balaban J connectivity index is 0.884. The first kappa shape index (κ1) is 30.1. The predicted octanol–water partition coefficient (Wildman–Crippen LogP) is 3.80. The Kier molecular flexibility index (Phi) is 7.45. The van der Waals surface area contributed by atoms with Gasteiger partial charge in [0, 0.05) is 71.3 Å². The summed E-state index contributed by atoms with van der Waals surface area (Å²) in [5.41, 5.74) is 0.594. The summed E-state index contributed by atoms with van der Waals surface area (Å²) in [5.74, 6) is -1.93. The standard InChI is InChI=1S/C33H28N6O8/c40-30-22-7-1-5-18-13-20(38(44)45)15-24(28(18)22)32(42)36(30)11-3-9-34-26-17-27(26)35-10-4-12-37-31(41)23-8-2-6-19-14-21(39(46)47)16-25(29(19)23)33(37)43/h1-2,5-8,13-16,26-27,34-35H,3-4,9-12,17H2. The van der Waals surface area contributed by atoms with Crippen LogP contribution in [0, 0.1) is 20.2 Å². The second kappa shape index (κ2) is 11.6. The molecule has 2 atom stereocenters. The molecule has 4 aromatic carbocycles. The quantitative estimate of drug-likeness (QED) is 0.100. The summed E-state index contributed by atoms with van der Waals surface area (Å²) in [6.45, 7) is 1.40. The number of nitro groups is 2. The van der Waals surface area contributed by atoms with Gasteiger partial charge in [0.15, 0.2) is 0 Å². The number of imide groups is 2. The van der Waals surface area contributed by atoms with E-state index in [0.717, 1.165) is 16.2 Å². The monoisotopic (exact) mass is 636 g/mol. The number of nitrogens with one attached hydrogen (secondary N) is 2. The lowest BCUT2D eigenvalue weighted by Gasteiger charge is -2.27. The van der Waals surface area contributed by atoms with Crippen LogP contribution in [-0.4, -0.2) is 81.5 Å². The topological polar surface area (TPSA) is 185 Å². The zero-order chi connectivity index (χ0) is 33.0. The zero-order valence-corrected chi connectivity index (χ0v) is 24.9.